The molecule has 122 valence electrons. The predicted molar refractivity (Wildman–Crippen MR) is 78.9 cm³/mol. The zero-order valence-electron chi connectivity index (χ0n) is 12.4. The van der Waals surface area contributed by atoms with Gasteiger partial charge in [0.15, 0.2) is 0 Å². The Hall–Kier alpha value is -2.12. The maximum atomic E-state index is 9.10. The fraction of sp³-hybridized carbons (Fsp3) is 0.467. The van der Waals surface area contributed by atoms with Gasteiger partial charge in [-0.1, -0.05) is 18.2 Å². The fourth-order valence-electron chi connectivity index (χ4n) is 2.02. The van der Waals surface area contributed by atoms with Crippen LogP contribution < -0.4 is 10.1 Å². The van der Waals surface area contributed by atoms with Crippen molar-refractivity contribution in [3.63, 3.8) is 0 Å². The lowest BCUT2D eigenvalue weighted by molar-refractivity contribution is -0.159. The summed E-state index contributed by atoms with van der Waals surface area (Å²) >= 11 is 0. The van der Waals surface area contributed by atoms with Crippen molar-refractivity contribution < 1.29 is 29.3 Å². The van der Waals surface area contributed by atoms with Crippen LogP contribution in [0.3, 0.4) is 0 Å². The number of carboxylic acid groups (broad SMARTS) is 2. The highest BCUT2D eigenvalue weighted by molar-refractivity contribution is 6.27. The molecule has 0 aliphatic carbocycles. The van der Waals surface area contributed by atoms with Gasteiger partial charge in [-0.15, -0.1) is 0 Å². The Morgan fingerprint density at radius 1 is 1.32 bits per heavy atom. The third-order valence-electron chi connectivity index (χ3n) is 3.09. The van der Waals surface area contributed by atoms with E-state index >= 15 is 0 Å². The number of methoxy groups -OCH3 is 1. The molecule has 1 heterocycles. The van der Waals surface area contributed by atoms with Crippen molar-refractivity contribution in [1.29, 1.82) is 0 Å². The van der Waals surface area contributed by atoms with Crippen LogP contribution in [-0.2, 0) is 20.9 Å². The van der Waals surface area contributed by atoms with E-state index in [1.807, 2.05) is 18.2 Å². The monoisotopic (exact) mass is 311 g/mol. The normalized spacial score (nSPS) is 16.5. The lowest BCUT2D eigenvalue weighted by Gasteiger charge is -2.12. The molecule has 1 atom stereocenters. The Morgan fingerprint density at radius 3 is 2.55 bits per heavy atom. The van der Waals surface area contributed by atoms with Crippen molar-refractivity contribution in [2.24, 2.45) is 0 Å². The summed E-state index contributed by atoms with van der Waals surface area (Å²) in [5.41, 5.74) is 1.20. The van der Waals surface area contributed by atoms with Gasteiger partial charge in [-0.25, -0.2) is 9.59 Å². The standard InChI is InChI=1S/C13H19NO2.C2H2O4/c1-15-13-7-3-2-5-11(13)9-14-10-12-6-4-8-16-12;3-1(4)2(5)6/h2-3,5,7,12,14H,4,6,8-10H2,1H3;(H,3,4)(H,5,6). The molecule has 1 aromatic carbocycles. The summed E-state index contributed by atoms with van der Waals surface area (Å²) in [7, 11) is 1.71. The first kappa shape index (κ1) is 17.9. The average molecular weight is 311 g/mol. The number of hydrogen-bond acceptors (Lipinski definition) is 5. The van der Waals surface area contributed by atoms with Crippen LogP contribution in [-0.4, -0.2) is 48.5 Å². The third kappa shape index (κ3) is 6.55. The Balaban J connectivity index is 0.000000346. The molecule has 1 aromatic rings. The lowest BCUT2D eigenvalue weighted by atomic mass is 10.2. The number of carboxylic acids is 2. The maximum absolute atomic E-state index is 9.10. The van der Waals surface area contributed by atoms with Crippen LogP contribution >= 0.6 is 0 Å². The van der Waals surface area contributed by atoms with Gasteiger partial charge >= 0.3 is 11.9 Å². The van der Waals surface area contributed by atoms with E-state index in [4.69, 9.17) is 29.3 Å². The van der Waals surface area contributed by atoms with E-state index in [-0.39, 0.29) is 0 Å². The first-order valence-electron chi connectivity index (χ1n) is 6.95. The molecule has 1 unspecified atom stereocenters. The van der Waals surface area contributed by atoms with Crippen LogP contribution in [0, 0.1) is 0 Å². The number of rotatable bonds is 5. The van der Waals surface area contributed by atoms with Gasteiger partial charge < -0.3 is 25.0 Å². The van der Waals surface area contributed by atoms with Gasteiger partial charge in [-0.2, -0.15) is 0 Å². The van der Waals surface area contributed by atoms with Gasteiger partial charge in [0.25, 0.3) is 0 Å². The summed E-state index contributed by atoms with van der Waals surface area (Å²) in [6, 6.07) is 8.10. The molecule has 3 N–H and O–H groups in total. The van der Waals surface area contributed by atoms with E-state index in [1.165, 1.54) is 18.4 Å². The fourth-order valence-corrected chi connectivity index (χ4v) is 2.02. The van der Waals surface area contributed by atoms with Crippen molar-refractivity contribution in [2.45, 2.75) is 25.5 Å². The van der Waals surface area contributed by atoms with Crippen LogP contribution in [0.25, 0.3) is 0 Å². The minimum absolute atomic E-state index is 0.398. The van der Waals surface area contributed by atoms with Crippen molar-refractivity contribution in [3.05, 3.63) is 29.8 Å². The van der Waals surface area contributed by atoms with Gasteiger partial charge in [-0.05, 0) is 18.9 Å². The number of carbonyl (C=O) groups is 2. The predicted octanol–water partition coefficient (Wildman–Crippen LogP) is 1.12. The number of ether oxygens (including phenoxy) is 2. The molecule has 22 heavy (non-hydrogen) atoms. The molecule has 7 heteroatoms. The quantitative estimate of drug-likeness (QED) is 0.700. The summed E-state index contributed by atoms with van der Waals surface area (Å²) in [5.74, 6) is -2.70. The second kappa shape index (κ2) is 9.75. The van der Waals surface area contributed by atoms with E-state index in [2.05, 4.69) is 11.4 Å². The molecular formula is C15H21NO6. The van der Waals surface area contributed by atoms with Gasteiger partial charge in [-0.3, -0.25) is 0 Å². The molecule has 0 aromatic heterocycles. The molecule has 0 saturated carbocycles. The summed E-state index contributed by atoms with van der Waals surface area (Å²) < 4.78 is 10.9. The highest BCUT2D eigenvalue weighted by Gasteiger charge is 2.14. The topological polar surface area (TPSA) is 105 Å². The Bertz CT molecular complexity index is 473. The summed E-state index contributed by atoms with van der Waals surface area (Å²) in [4.78, 5) is 18.2. The number of hydrogen-bond donors (Lipinski definition) is 3. The average Bonchev–Trinajstić information content (AvgIpc) is 3.01. The Labute approximate surface area is 128 Å². The molecule has 2 rings (SSSR count). The second-order valence-electron chi connectivity index (χ2n) is 4.69. The van der Waals surface area contributed by atoms with Gasteiger partial charge in [0.1, 0.15) is 5.75 Å². The Kier molecular flexibility index (Phi) is 7.95. The van der Waals surface area contributed by atoms with Crippen LogP contribution in [0.1, 0.15) is 18.4 Å². The third-order valence-corrected chi connectivity index (χ3v) is 3.09. The number of para-hydroxylation sites is 1. The molecule has 0 bridgehead atoms. The SMILES string of the molecule is COc1ccccc1CNCC1CCCO1.O=C(O)C(=O)O. The highest BCUT2D eigenvalue weighted by Crippen LogP contribution is 2.17. The van der Waals surface area contributed by atoms with E-state index in [9.17, 15) is 0 Å². The van der Waals surface area contributed by atoms with Crippen molar-refractivity contribution in [3.8, 4) is 5.75 Å². The van der Waals surface area contributed by atoms with E-state index in [0.29, 0.717) is 6.10 Å². The molecule has 0 spiro atoms. The van der Waals surface area contributed by atoms with Gasteiger partial charge in [0.05, 0.1) is 13.2 Å². The molecule has 7 nitrogen and oxygen atoms in total. The first-order valence-corrected chi connectivity index (χ1v) is 6.95. The zero-order valence-corrected chi connectivity index (χ0v) is 12.4. The largest absolute Gasteiger partial charge is 0.496 e. The number of benzene rings is 1. The highest BCUT2D eigenvalue weighted by atomic mass is 16.5. The molecule has 1 saturated heterocycles. The summed E-state index contributed by atoms with van der Waals surface area (Å²) in [5, 5.41) is 18.2. The van der Waals surface area contributed by atoms with E-state index in [0.717, 1.165) is 25.4 Å². The smallest absolute Gasteiger partial charge is 0.414 e. The molecule has 1 aliphatic rings. The van der Waals surface area contributed by atoms with E-state index < -0.39 is 11.9 Å². The minimum atomic E-state index is -1.82. The minimum Gasteiger partial charge on any atom is -0.496 e. The molecule has 0 radical (unpaired) electrons. The van der Waals surface area contributed by atoms with Crippen molar-refractivity contribution in [2.75, 3.05) is 20.3 Å². The molecule has 1 fully saturated rings. The number of nitrogens with one attached hydrogen (secondary N) is 1. The van der Waals surface area contributed by atoms with Gasteiger partial charge in [0, 0.05) is 25.3 Å². The second-order valence-corrected chi connectivity index (χ2v) is 4.69. The molecule has 1 aliphatic heterocycles. The van der Waals surface area contributed by atoms with Gasteiger partial charge in [0.2, 0.25) is 0 Å². The molecule has 0 amide bonds. The lowest BCUT2D eigenvalue weighted by Crippen LogP contribution is -2.25. The van der Waals surface area contributed by atoms with Crippen molar-refractivity contribution >= 4 is 11.9 Å². The van der Waals surface area contributed by atoms with E-state index in [1.54, 1.807) is 7.11 Å². The molecular weight excluding hydrogens is 290 g/mol. The van der Waals surface area contributed by atoms with Crippen LogP contribution in [0.15, 0.2) is 24.3 Å². The Morgan fingerprint density at radius 2 is 2.00 bits per heavy atom. The number of aliphatic carboxylic acids is 2. The summed E-state index contributed by atoms with van der Waals surface area (Å²) in [6.07, 6.45) is 2.77. The first-order chi connectivity index (χ1) is 10.5. The van der Waals surface area contributed by atoms with Crippen molar-refractivity contribution in [1.82, 2.24) is 5.32 Å². The summed E-state index contributed by atoms with van der Waals surface area (Å²) in [6.45, 7) is 2.68. The van der Waals surface area contributed by atoms with Crippen LogP contribution in [0.2, 0.25) is 0 Å². The zero-order chi connectivity index (χ0) is 16.4. The van der Waals surface area contributed by atoms with Crippen LogP contribution in [0.5, 0.6) is 5.75 Å². The maximum Gasteiger partial charge on any atom is 0.414 e. The van der Waals surface area contributed by atoms with Crippen LogP contribution in [0.4, 0.5) is 0 Å².